The molecule has 0 spiro atoms. The van der Waals surface area contributed by atoms with Crippen LogP contribution in [0.1, 0.15) is 38.4 Å². The lowest BCUT2D eigenvalue weighted by Crippen LogP contribution is -2.33. The molecule has 0 atom stereocenters. The first-order valence-corrected chi connectivity index (χ1v) is 8.60. The Kier molecular flexibility index (Phi) is 4.74. The van der Waals surface area contributed by atoms with Gasteiger partial charge in [-0.2, -0.15) is 0 Å². The van der Waals surface area contributed by atoms with Crippen molar-refractivity contribution < 1.29 is 13.2 Å². The number of aryl methyl sites for hydroxylation is 1. The Morgan fingerprint density at radius 2 is 2.10 bits per heavy atom. The summed E-state index contributed by atoms with van der Waals surface area (Å²) >= 11 is 0. The van der Waals surface area contributed by atoms with Gasteiger partial charge in [0.25, 0.3) is 5.16 Å². The minimum atomic E-state index is -3.54. The van der Waals surface area contributed by atoms with Gasteiger partial charge in [0.15, 0.2) is 0 Å². The van der Waals surface area contributed by atoms with Crippen molar-refractivity contribution in [1.29, 1.82) is 0 Å². The quantitative estimate of drug-likeness (QED) is 0.793. The van der Waals surface area contributed by atoms with Crippen LogP contribution < -0.4 is 5.32 Å². The molecule has 0 aliphatic heterocycles. The van der Waals surface area contributed by atoms with Crippen LogP contribution in [0.2, 0.25) is 0 Å². The van der Waals surface area contributed by atoms with Crippen molar-refractivity contribution in [2.45, 2.75) is 44.2 Å². The molecule has 7 nitrogen and oxygen atoms in total. The molecule has 1 aromatic heterocycles. The van der Waals surface area contributed by atoms with Crippen molar-refractivity contribution in [2.75, 3.05) is 12.3 Å². The van der Waals surface area contributed by atoms with Crippen LogP contribution in [0.4, 0.5) is 0 Å². The maximum Gasteiger partial charge on any atom is 0.266 e. The van der Waals surface area contributed by atoms with Crippen LogP contribution in [0.25, 0.3) is 0 Å². The predicted molar refractivity (Wildman–Crippen MR) is 72.8 cm³/mol. The lowest BCUT2D eigenvalue weighted by atomic mass is 10.1. The van der Waals surface area contributed by atoms with Gasteiger partial charge in [-0.25, -0.2) is 13.4 Å². The van der Waals surface area contributed by atoms with E-state index in [2.05, 4.69) is 20.5 Å². The highest BCUT2D eigenvalue weighted by Crippen LogP contribution is 2.24. The van der Waals surface area contributed by atoms with Gasteiger partial charge in [-0.1, -0.05) is 19.8 Å². The van der Waals surface area contributed by atoms with Crippen LogP contribution in [-0.2, 0) is 21.1 Å². The van der Waals surface area contributed by atoms with Gasteiger partial charge >= 0.3 is 0 Å². The molecule has 1 aliphatic carbocycles. The molecular weight excluding hydrogens is 280 g/mol. The normalized spacial score (nSPS) is 16.4. The van der Waals surface area contributed by atoms with Gasteiger partial charge in [-0.15, -0.1) is 5.10 Å². The van der Waals surface area contributed by atoms with E-state index in [1.165, 1.54) is 0 Å². The molecule has 0 bridgehead atoms. The molecule has 1 aromatic rings. The summed E-state index contributed by atoms with van der Waals surface area (Å²) in [6.07, 6.45) is 4.56. The first kappa shape index (κ1) is 15.0. The highest BCUT2D eigenvalue weighted by Gasteiger charge is 2.24. The second-order valence-electron chi connectivity index (χ2n) is 5.01. The third-order valence-corrected chi connectivity index (χ3v) is 5.00. The second kappa shape index (κ2) is 6.34. The predicted octanol–water partition coefficient (Wildman–Crippen LogP) is 0.447. The zero-order valence-electron chi connectivity index (χ0n) is 11.6. The molecule has 1 heterocycles. The fourth-order valence-corrected chi connectivity index (χ4v) is 3.29. The number of nitrogens with one attached hydrogen (secondary N) is 2. The highest BCUT2D eigenvalue weighted by molar-refractivity contribution is 7.91. The summed E-state index contributed by atoms with van der Waals surface area (Å²) in [5, 5.41) is 8.77. The lowest BCUT2D eigenvalue weighted by Gasteiger charge is -2.09. The number of sulfone groups is 1. The van der Waals surface area contributed by atoms with Crippen LogP contribution >= 0.6 is 0 Å². The summed E-state index contributed by atoms with van der Waals surface area (Å²) in [7, 11) is -3.54. The van der Waals surface area contributed by atoms with E-state index in [-0.39, 0.29) is 29.3 Å². The lowest BCUT2D eigenvalue weighted by molar-refractivity contribution is -0.124. The molecule has 0 aromatic carbocycles. The summed E-state index contributed by atoms with van der Waals surface area (Å²) in [6.45, 7) is 1.96. The molecule has 1 saturated carbocycles. The van der Waals surface area contributed by atoms with Gasteiger partial charge in [-0.05, 0) is 12.8 Å². The number of hydrogen-bond acceptors (Lipinski definition) is 5. The Labute approximate surface area is 118 Å². The zero-order valence-corrected chi connectivity index (χ0v) is 12.4. The topological polar surface area (TPSA) is 105 Å². The molecule has 1 fully saturated rings. The highest BCUT2D eigenvalue weighted by atomic mass is 32.2. The van der Waals surface area contributed by atoms with E-state index in [9.17, 15) is 13.2 Å². The van der Waals surface area contributed by atoms with E-state index in [1.54, 1.807) is 0 Å². The Morgan fingerprint density at radius 3 is 2.70 bits per heavy atom. The van der Waals surface area contributed by atoms with Crippen molar-refractivity contribution >= 4 is 15.7 Å². The molecular formula is C12H20N4O3S. The molecule has 1 amide bonds. The van der Waals surface area contributed by atoms with Crippen molar-refractivity contribution in [2.24, 2.45) is 5.92 Å². The molecule has 2 rings (SSSR count). The minimum Gasteiger partial charge on any atom is -0.355 e. The fourth-order valence-electron chi connectivity index (χ4n) is 2.31. The van der Waals surface area contributed by atoms with Crippen LogP contribution in [-0.4, -0.2) is 41.8 Å². The molecule has 0 radical (unpaired) electrons. The van der Waals surface area contributed by atoms with Crippen LogP contribution in [0.5, 0.6) is 0 Å². The maximum atomic E-state index is 12.0. The van der Waals surface area contributed by atoms with E-state index in [0.717, 1.165) is 25.7 Å². The van der Waals surface area contributed by atoms with Gasteiger partial charge in [-0.3, -0.25) is 9.89 Å². The number of aromatic amines is 1. The first-order chi connectivity index (χ1) is 9.53. The molecule has 0 saturated heterocycles. The largest absolute Gasteiger partial charge is 0.355 e. The van der Waals surface area contributed by atoms with Gasteiger partial charge < -0.3 is 5.32 Å². The molecule has 2 N–H and O–H groups in total. The summed E-state index contributed by atoms with van der Waals surface area (Å²) in [4.78, 5) is 15.7. The fraction of sp³-hybridized carbons (Fsp3) is 0.750. The van der Waals surface area contributed by atoms with Gasteiger partial charge in [0.2, 0.25) is 15.7 Å². The summed E-state index contributed by atoms with van der Waals surface area (Å²) < 4.78 is 23.9. The van der Waals surface area contributed by atoms with E-state index in [1.807, 2.05) is 6.92 Å². The monoisotopic (exact) mass is 300 g/mol. The number of hydrogen-bond donors (Lipinski definition) is 2. The Balaban J connectivity index is 1.84. The first-order valence-electron chi connectivity index (χ1n) is 6.94. The smallest absolute Gasteiger partial charge is 0.266 e. The Bertz CT molecular complexity index is 561. The van der Waals surface area contributed by atoms with Crippen LogP contribution in [0.3, 0.4) is 0 Å². The second-order valence-corrected chi connectivity index (χ2v) is 7.01. The average Bonchev–Trinajstić information content (AvgIpc) is 3.10. The molecule has 0 unspecified atom stereocenters. The molecule has 8 heteroatoms. The van der Waals surface area contributed by atoms with E-state index in [4.69, 9.17) is 0 Å². The van der Waals surface area contributed by atoms with Crippen molar-refractivity contribution in [3.63, 3.8) is 0 Å². The van der Waals surface area contributed by atoms with Crippen molar-refractivity contribution in [3.05, 3.63) is 5.82 Å². The number of nitrogens with zero attached hydrogens (tertiary/aromatic N) is 2. The third kappa shape index (κ3) is 3.56. The number of H-pyrrole nitrogens is 1. The van der Waals surface area contributed by atoms with Crippen molar-refractivity contribution in [1.82, 2.24) is 20.5 Å². The van der Waals surface area contributed by atoms with Gasteiger partial charge in [0.05, 0.1) is 5.75 Å². The molecule has 20 heavy (non-hydrogen) atoms. The van der Waals surface area contributed by atoms with E-state index in [0.29, 0.717) is 12.2 Å². The van der Waals surface area contributed by atoms with E-state index < -0.39 is 9.84 Å². The summed E-state index contributed by atoms with van der Waals surface area (Å²) in [6, 6.07) is 0. The summed E-state index contributed by atoms with van der Waals surface area (Å²) in [5.74, 6) is 0.375. The van der Waals surface area contributed by atoms with Gasteiger partial charge in [0.1, 0.15) is 5.82 Å². The minimum absolute atomic E-state index is 0.0399. The number of aromatic nitrogens is 3. The maximum absolute atomic E-state index is 12.0. The number of amides is 1. The Hall–Kier alpha value is -1.44. The SMILES string of the molecule is CCc1nc(S(=O)(=O)CCNC(=O)C2CCCC2)n[nH]1. The van der Waals surface area contributed by atoms with Crippen LogP contribution in [0.15, 0.2) is 5.16 Å². The van der Waals surface area contributed by atoms with Crippen molar-refractivity contribution in [3.8, 4) is 0 Å². The summed E-state index contributed by atoms with van der Waals surface area (Å²) in [5.41, 5.74) is 0. The number of carbonyl (C=O) groups excluding carboxylic acids is 1. The standard InChI is InChI=1S/C12H20N4O3S/c1-2-10-14-12(16-15-10)20(18,19)8-7-13-11(17)9-5-3-4-6-9/h9H,2-8H2,1H3,(H,13,17)(H,14,15,16). The number of carbonyl (C=O) groups is 1. The van der Waals surface area contributed by atoms with Crippen LogP contribution in [0, 0.1) is 5.92 Å². The Morgan fingerprint density at radius 1 is 1.40 bits per heavy atom. The van der Waals surface area contributed by atoms with E-state index >= 15 is 0 Å². The molecule has 1 aliphatic rings. The average molecular weight is 300 g/mol. The van der Waals surface area contributed by atoms with Gasteiger partial charge in [0, 0.05) is 18.9 Å². The zero-order chi connectivity index (χ0) is 14.6. The molecule has 112 valence electrons. The number of rotatable bonds is 6. The third-order valence-electron chi connectivity index (χ3n) is 3.52.